The smallest absolute Gasteiger partial charge is 0.230 e. The Morgan fingerprint density at radius 1 is 1.27 bits per heavy atom. The lowest BCUT2D eigenvalue weighted by atomic mass is 10.1. The number of carbonyl (C=O) groups excluding carboxylic acids is 1. The molecular weight excluding hydrogens is 318 g/mol. The Morgan fingerprint density at radius 2 is 1.91 bits per heavy atom. The molecule has 0 aliphatic carbocycles. The van der Waals surface area contributed by atoms with Gasteiger partial charge in [0, 0.05) is 16.4 Å². The second kappa shape index (κ2) is 7.61. The highest BCUT2D eigenvalue weighted by atomic mass is 35.5. The molecule has 2 aromatic rings. The van der Waals surface area contributed by atoms with Gasteiger partial charge in [-0.05, 0) is 38.5 Å². The summed E-state index contributed by atoms with van der Waals surface area (Å²) < 4.78 is 0. The zero-order valence-corrected chi connectivity index (χ0v) is 14.3. The number of carbonyl (C=O) groups is 1. The second-order valence-electron chi connectivity index (χ2n) is 5.03. The van der Waals surface area contributed by atoms with Crippen LogP contribution < -0.4 is 5.32 Å². The van der Waals surface area contributed by atoms with Gasteiger partial charge in [0.15, 0.2) is 5.16 Å². The first-order valence-electron chi connectivity index (χ1n) is 6.94. The molecule has 22 heavy (non-hydrogen) atoms. The van der Waals surface area contributed by atoms with Crippen LogP contribution in [0.25, 0.3) is 0 Å². The van der Waals surface area contributed by atoms with Crippen LogP contribution in [-0.4, -0.2) is 21.6 Å². The molecule has 1 aromatic heterocycles. The molecule has 0 saturated heterocycles. The van der Waals surface area contributed by atoms with E-state index in [0.717, 1.165) is 17.0 Å². The summed E-state index contributed by atoms with van der Waals surface area (Å²) in [6, 6.07) is 9.27. The third-order valence-corrected chi connectivity index (χ3v) is 4.23. The molecule has 1 aromatic carbocycles. The predicted molar refractivity (Wildman–Crippen MR) is 90.2 cm³/mol. The summed E-state index contributed by atoms with van der Waals surface area (Å²) in [6.07, 6.45) is 0. The highest BCUT2D eigenvalue weighted by Gasteiger charge is 2.13. The van der Waals surface area contributed by atoms with Crippen molar-refractivity contribution in [1.29, 1.82) is 0 Å². The minimum Gasteiger partial charge on any atom is -0.349 e. The van der Waals surface area contributed by atoms with Crippen LogP contribution in [0, 0.1) is 13.8 Å². The van der Waals surface area contributed by atoms with Gasteiger partial charge in [0.1, 0.15) is 0 Å². The van der Waals surface area contributed by atoms with Crippen molar-refractivity contribution >= 4 is 29.3 Å². The lowest BCUT2D eigenvalue weighted by Gasteiger charge is -2.15. The third-order valence-electron chi connectivity index (χ3n) is 3.04. The van der Waals surface area contributed by atoms with Crippen molar-refractivity contribution in [1.82, 2.24) is 15.3 Å². The second-order valence-corrected chi connectivity index (χ2v) is 6.38. The molecule has 0 spiro atoms. The topological polar surface area (TPSA) is 54.9 Å². The van der Waals surface area contributed by atoms with E-state index in [4.69, 9.17) is 11.6 Å². The summed E-state index contributed by atoms with van der Waals surface area (Å²) in [5, 5.41) is 4.21. The molecule has 1 unspecified atom stereocenters. The first-order valence-corrected chi connectivity index (χ1v) is 8.31. The van der Waals surface area contributed by atoms with Crippen LogP contribution in [0.2, 0.25) is 5.02 Å². The van der Waals surface area contributed by atoms with Gasteiger partial charge in [-0.2, -0.15) is 0 Å². The molecule has 1 heterocycles. The van der Waals surface area contributed by atoms with Gasteiger partial charge in [-0.25, -0.2) is 9.97 Å². The maximum Gasteiger partial charge on any atom is 0.230 e. The van der Waals surface area contributed by atoms with Gasteiger partial charge in [-0.1, -0.05) is 41.6 Å². The third kappa shape index (κ3) is 4.71. The Morgan fingerprint density at radius 3 is 2.55 bits per heavy atom. The number of halogens is 1. The Balaban J connectivity index is 1.91. The van der Waals surface area contributed by atoms with Crippen molar-refractivity contribution in [2.75, 3.05) is 5.75 Å². The van der Waals surface area contributed by atoms with E-state index >= 15 is 0 Å². The Bertz CT molecular complexity index is 658. The highest BCUT2D eigenvalue weighted by Crippen LogP contribution is 2.22. The van der Waals surface area contributed by atoms with E-state index in [1.54, 1.807) is 0 Å². The number of amides is 1. The zero-order valence-electron chi connectivity index (χ0n) is 12.8. The fraction of sp³-hybridized carbons (Fsp3) is 0.312. The lowest BCUT2D eigenvalue weighted by Crippen LogP contribution is -2.28. The van der Waals surface area contributed by atoms with Crippen LogP contribution >= 0.6 is 23.4 Å². The molecule has 1 N–H and O–H groups in total. The normalized spacial score (nSPS) is 12.0. The first kappa shape index (κ1) is 16.8. The average Bonchev–Trinajstić information content (AvgIpc) is 2.44. The molecule has 0 saturated carbocycles. The number of nitrogens with zero attached hydrogens (tertiary/aromatic N) is 2. The monoisotopic (exact) mass is 335 g/mol. The van der Waals surface area contributed by atoms with Crippen LogP contribution in [0.5, 0.6) is 0 Å². The summed E-state index contributed by atoms with van der Waals surface area (Å²) in [7, 11) is 0. The fourth-order valence-corrected chi connectivity index (χ4v) is 3.14. The van der Waals surface area contributed by atoms with E-state index in [9.17, 15) is 4.79 Å². The zero-order chi connectivity index (χ0) is 16.1. The molecule has 0 aliphatic heterocycles. The summed E-state index contributed by atoms with van der Waals surface area (Å²) in [4.78, 5) is 20.7. The number of hydrogen-bond donors (Lipinski definition) is 1. The number of thioether (sulfide) groups is 1. The van der Waals surface area contributed by atoms with E-state index in [1.807, 2.05) is 51.1 Å². The first-order chi connectivity index (χ1) is 10.5. The molecule has 0 radical (unpaired) electrons. The molecule has 0 aliphatic rings. The molecule has 4 nitrogen and oxygen atoms in total. The minimum atomic E-state index is -0.137. The van der Waals surface area contributed by atoms with Crippen molar-refractivity contribution in [3.63, 3.8) is 0 Å². The number of aromatic nitrogens is 2. The summed E-state index contributed by atoms with van der Waals surface area (Å²) in [5.74, 6) is 0.206. The van der Waals surface area contributed by atoms with Gasteiger partial charge in [0.2, 0.25) is 5.91 Å². The minimum absolute atomic E-state index is 0.0693. The van der Waals surface area contributed by atoms with Gasteiger partial charge >= 0.3 is 0 Å². The highest BCUT2D eigenvalue weighted by molar-refractivity contribution is 7.99. The van der Waals surface area contributed by atoms with Gasteiger partial charge in [0.25, 0.3) is 0 Å². The molecule has 2 rings (SSSR count). The maximum atomic E-state index is 12.1. The Labute approximate surface area is 139 Å². The number of aryl methyl sites for hydroxylation is 2. The molecule has 0 bridgehead atoms. The van der Waals surface area contributed by atoms with E-state index in [-0.39, 0.29) is 17.7 Å². The maximum absolute atomic E-state index is 12.1. The van der Waals surface area contributed by atoms with Crippen molar-refractivity contribution in [3.05, 3.63) is 52.3 Å². The molecule has 116 valence electrons. The average molecular weight is 336 g/mol. The lowest BCUT2D eigenvalue weighted by molar-refractivity contribution is -0.119. The molecular formula is C16H18ClN3OS. The van der Waals surface area contributed by atoms with E-state index < -0.39 is 0 Å². The molecule has 6 heteroatoms. The van der Waals surface area contributed by atoms with Crippen LogP contribution in [0.4, 0.5) is 0 Å². The number of benzene rings is 1. The van der Waals surface area contributed by atoms with Crippen LogP contribution in [0.1, 0.15) is 29.9 Å². The standard InChI is InChI=1S/C16H18ClN3OS/c1-10-8-11(2)19-16(18-10)22-9-15(21)20-12(3)13-6-4-5-7-14(13)17/h4-8,12H,9H2,1-3H3,(H,20,21). The Hall–Kier alpha value is -1.59. The van der Waals surface area contributed by atoms with Gasteiger partial charge in [-0.15, -0.1) is 0 Å². The van der Waals surface area contributed by atoms with Crippen LogP contribution in [0.15, 0.2) is 35.5 Å². The van der Waals surface area contributed by atoms with Crippen molar-refractivity contribution in [2.24, 2.45) is 0 Å². The quantitative estimate of drug-likeness (QED) is 0.668. The molecule has 1 atom stereocenters. The van der Waals surface area contributed by atoms with Crippen LogP contribution in [-0.2, 0) is 4.79 Å². The van der Waals surface area contributed by atoms with Gasteiger partial charge in [-0.3, -0.25) is 4.79 Å². The summed E-state index contributed by atoms with van der Waals surface area (Å²) >= 11 is 7.46. The van der Waals surface area contributed by atoms with Crippen molar-refractivity contribution < 1.29 is 4.79 Å². The fourth-order valence-electron chi connectivity index (χ4n) is 2.08. The van der Waals surface area contributed by atoms with E-state index in [0.29, 0.717) is 10.2 Å². The van der Waals surface area contributed by atoms with Crippen LogP contribution in [0.3, 0.4) is 0 Å². The summed E-state index contributed by atoms with van der Waals surface area (Å²) in [6.45, 7) is 5.74. The number of hydrogen-bond acceptors (Lipinski definition) is 4. The SMILES string of the molecule is Cc1cc(C)nc(SCC(=O)NC(C)c2ccccc2Cl)n1. The van der Waals surface area contributed by atoms with E-state index in [2.05, 4.69) is 15.3 Å². The molecule has 0 fully saturated rings. The van der Waals surface area contributed by atoms with Crippen molar-refractivity contribution in [2.45, 2.75) is 32.0 Å². The summed E-state index contributed by atoms with van der Waals surface area (Å²) in [5.41, 5.74) is 2.71. The predicted octanol–water partition coefficient (Wildman–Crippen LogP) is 3.72. The largest absolute Gasteiger partial charge is 0.349 e. The number of nitrogens with one attached hydrogen (secondary N) is 1. The van der Waals surface area contributed by atoms with E-state index in [1.165, 1.54) is 11.8 Å². The Kier molecular flexibility index (Phi) is 5.80. The van der Waals surface area contributed by atoms with Gasteiger partial charge in [0.05, 0.1) is 11.8 Å². The number of rotatable bonds is 5. The van der Waals surface area contributed by atoms with Crippen molar-refractivity contribution in [3.8, 4) is 0 Å². The van der Waals surface area contributed by atoms with Gasteiger partial charge < -0.3 is 5.32 Å². The molecule has 1 amide bonds.